The Morgan fingerprint density at radius 3 is 2.50 bits per heavy atom. The standard InChI is InChI=1S/C6H6INO2/c7-6(9,10)5-2-1-3-8-4-5/h1-4,9-10H. The van der Waals surface area contributed by atoms with Crippen LogP contribution in [0.3, 0.4) is 0 Å². The number of pyridine rings is 1. The minimum Gasteiger partial charge on any atom is -0.354 e. The van der Waals surface area contributed by atoms with Crippen molar-refractivity contribution in [2.45, 2.75) is 3.79 Å². The van der Waals surface area contributed by atoms with Crippen molar-refractivity contribution < 1.29 is 10.2 Å². The monoisotopic (exact) mass is 251 g/mol. The molecule has 0 fully saturated rings. The molecule has 0 spiro atoms. The van der Waals surface area contributed by atoms with Crippen molar-refractivity contribution in [1.29, 1.82) is 0 Å². The lowest BCUT2D eigenvalue weighted by Gasteiger charge is -2.12. The molecule has 0 bridgehead atoms. The molecule has 2 N–H and O–H groups in total. The largest absolute Gasteiger partial charge is 0.354 e. The quantitative estimate of drug-likeness (QED) is 0.437. The van der Waals surface area contributed by atoms with Gasteiger partial charge in [-0.15, -0.1) is 0 Å². The molecule has 1 rings (SSSR count). The van der Waals surface area contributed by atoms with Crippen LogP contribution in [0.4, 0.5) is 0 Å². The third kappa shape index (κ3) is 1.89. The summed E-state index contributed by atoms with van der Waals surface area (Å²) in [5.74, 6) is 0. The Labute approximate surface area is 71.9 Å². The van der Waals surface area contributed by atoms with Crippen LogP contribution >= 0.6 is 22.6 Å². The Hall–Kier alpha value is -0.200. The van der Waals surface area contributed by atoms with E-state index < -0.39 is 3.79 Å². The normalized spacial score (nSPS) is 11.5. The van der Waals surface area contributed by atoms with Crippen molar-refractivity contribution in [1.82, 2.24) is 4.98 Å². The van der Waals surface area contributed by atoms with E-state index in [1.54, 1.807) is 18.3 Å². The fraction of sp³-hybridized carbons (Fsp3) is 0.167. The van der Waals surface area contributed by atoms with Crippen LogP contribution in [-0.4, -0.2) is 15.2 Å². The van der Waals surface area contributed by atoms with Crippen LogP contribution < -0.4 is 0 Å². The SMILES string of the molecule is OC(O)(I)c1cccnc1. The molecule has 0 atom stereocenters. The lowest BCUT2D eigenvalue weighted by molar-refractivity contribution is -0.0633. The highest BCUT2D eigenvalue weighted by Crippen LogP contribution is 2.23. The van der Waals surface area contributed by atoms with Crippen LogP contribution in [0, 0.1) is 0 Å². The Morgan fingerprint density at radius 1 is 1.50 bits per heavy atom. The molecule has 0 aromatic carbocycles. The zero-order valence-corrected chi connectivity index (χ0v) is 7.19. The summed E-state index contributed by atoms with van der Waals surface area (Å²) in [6.07, 6.45) is 2.98. The highest BCUT2D eigenvalue weighted by molar-refractivity contribution is 14.1. The number of halogens is 1. The molecule has 54 valence electrons. The first-order valence-corrected chi connectivity index (χ1v) is 3.73. The second-order valence-electron chi connectivity index (χ2n) is 1.83. The van der Waals surface area contributed by atoms with Crippen LogP contribution in [0.1, 0.15) is 5.56 Å². The van der Waals surface area contributed by atoms with Gasteiger partial charge in [-0.25, -0.2) is 0 Å². The van der Waals surface area contributed by atoms with Crippen molar-refractivity contribution in [3.8, 4) is 0 Å². The van der Waals surface area contributed by atoms with Gasteiger partial charge in [0, 0.05) is 18.0 Å². The van der Waals surface area contributed by atoms with Gasteiger partial charge >= 0.3 is 0 Å². The van der Waals surface area contributed by atoms with E-state index in [2.05, 4.69) is 4.98 Å². The highest BCUT2D eigenvalue weighted by Gasteiger charge is 2.20. The molecule has 1 aromatic rings. The minimum atomic E-state index is -1.80. The fourth-order valence-electron chi connectivity index (χ4n) is 0.551. The van der Waals surface area contributed by atoms with Gasteiger partial charge in [0.05, 0.1) is 0 Å². The van der Waals surface area contributed by atoms with Crippen molar-refractivity contribution in [3.63, 3.8) is 0 Å². The molecule has 0 aliphatic carbocycles. The van der Waals surface area contributed by atoms with Crippen LogP contribution in [0.25, 0.3) is 0 Å². The summed E-state index contributed by atoms with van der Waals surface area (Å²) >= 11 is 1.51. The number of aromatic nitrogens is 1. The topological polar surface area (TPSA) is 53.4 Å². The van der Waals surface area contributed by atoms with Gasteiger partial charge in [0.2, 0.25) is 3.79 Å². The van der Waals surface area contributed by atoms with Gasteiger partial charge in [-0.2, -0.15) is 0 Å². The number of aliphatic hydroxyl groups is 2. The summed E-state index contributed by atoms with van der Waals surface area (Å²) in [5, 5.41) is 18.0. The molecule has 4 heteroatoms. The van der Waals surface area contributed by atoms with Gasteiger partial charge < -0.3 is 10.2 Å². The van der Waals surface area contributed by atoms with Crippen LogP contribution in [-0.2, 0) is 3.79 Å². The summed E-state index contributed by atoms with van der Waals surface area (Å²) in [5.41, 5.74) is 0.385. The van der Waals surface area contributed by atoms with Gasteiger partial charge in [0.15, 0.2) is 0 Å². The van der Waals surface area contributed by atoms with Crippen LogP contribution in [0.5, 0.6) is 0 Å². The first-order chi connectivity index (χ1) is 4.61. The van der Waals surface area contributed by atoms with Gasteiger partial charge in [-0.05, 0) is 34.7 Å². The Bertz CT molecular complexity index is 207. The van der Waals surface area contributed by atoms with E-state index in [4.69, 9.17) is 10.2 Å². The minimum absolute atomic E-state index is 0.385. The lowest BCUT2D eigenvalue weighted by atomic mass is 10.3. The molecule has 1 heterocycles. The first-order valence-electron chi connectivity index (χ1n) is 2.65. The van der Waals surface area contributed by atoms with E-state index >= 15 is 0 Å². The van der Waals surface area contributed by atoms with E-state index in [9.17, 15) is 0 Å². The number of nitrogens with zero attached hydrogens (tertiary/aromatic N) is 1. The van der Waals surface area contributed by atoms with E-state index in [1.807, 2.05) is 0 Å². The van der Waals surface area contributed by atoms with Gasteiger partial charge in [0.1, 0.15) is 0 Å². The smallest absolute Gasteiger partial charge is 0.245 e. The number of hydrogen-bond donors (Lipinski definition) is 2. The summed E-state index contributed by atoms with van der Waals surface area (Å²) in [7, 11) is 0. The molecular formula is C6H6INO2. The van der Waals surface area contributed by atoms with Crippen molar-refractivity contribution >= 4 is 22.6 Å². The fourth-order valence-corrected chi connectivity index (χ4v) is 0.870. The van der Waals surface area contributed by atoms with E-state index in [-0.39, 0.29) is 0 Å². The summed E-state index contributed by atoms with van der Waals surface area (Å²) in [6, 6.07) is 3.24. The molecule has 3 nitrogen and oxygen atoms in total. The van der Waals surface area contributed by atoms with Gasteiger partial charge in [-0.3, -0.25) is 4.98 Å². The van der Waals surface area contributed by atoms with Gasteiger partial charge in [0.25, 0.3) is 0 Å². The van der Waals surface area contributed by atoms with Crippen molar-refractivity contribution in [2.75, 3.05) is 0 Å². The molecule has 0 amide bonds. The maximum Gasteiger partial charge on any atom is 0.245 e. The molecule has 10 heavy (non-hydrogen) atoms. The molecule has 0 unspecified atom stereocenters. The number of rotatable bonds is 1. The Kier molecular flexibility index (Phi) is 2.22. The highest BCUT2D eigenvalue weighted by atomic mass is 127. The maximum atomic E-state index is 8.99. The molecule has 1 aromatic heterocycles. The van der Waals surface area contributed by atoms with Crippen molar-refractivity contribution in [2.24, 2.45) is 0 Å². The average Bonchev–Trinajstić information content (AvgIpc) is 1.88. The first kappa shape index (κ1) is 7.90. The molecular weight excluding hydrogens is 245 g/mol. The van der Waals surface area contributed by atoms with E-state index in [1.165, 1.54) is 28.8 Å². The predicted molar refractivity (Wildman–Crippen MR) is 44.4 cm³/mol. The summed E-state index contributed by atoms with van der Waals surface area (Å²) < 4.78 is -1.80. The second-order valence-corrected chi connectivity index (χ2v) is 3.33. The Balaban J connectivity index is 2.97. The van der Waals surface area contributed by atoms with E-state index in [0.29, 0.717) is 5.56 Å². The van der Waals surface area contributed by atoms with E-state index in [0.717, 1.165) is 0 Å². The maximum absolute atomic E-state index is 8.99. The third-order valence-corrected chi connectivity index (χ3v) is 1.65. The predicted octanol–water partition coefficient (Wildman–Crippen LogP) is 0.612. The zero-order chi connectivity index (χ0) is 7.61. The summed E-state index contributed by atoms with van der Waals surface area (Å²) in [4.78, 5) is 3.73. The molecule has 0 aliphatic rings. The molecule has 0 radical (unpaired) electrons. The third-order valence-electron chi connectivity index (χ3n) is 1.03. The van der Waals surface area contributed by atoms with Crippen LogP contribution in [0.2, 0.25) is 0 Å². The molecule has 0 saturated carbocycles. The molecule has 0 aliphatic heterocycles. The van der Waals surface area contributed by atoms with Gasteiger partial charge in [-0.1, -0.05) is 0 Å². The lowest BCUT2D eigenvalue weighted by Crippen LogP contribution is -2.14. The average molecular weight is 251 g/mol. The summed E-state index contributed by atoms with van der Waals surface area (Å²) in [6.45, 7) is 0. The number of hydrogen-bond acceptors (Lipinski definition) is 3. The number of alkyl halides is 1. The Morgan fingerprint density at radius 2 is 2.20 bits per heavy atom. The zero-order valence-electron chi connectivity index (χ0n) is 5.03. The molecule has 0 saturated heterocycles. The van der Waals surface area contributed by atoms with Crippen molar-refractivity contribution in [3.05, 3.63) is 30.1 Å². The second kappa shape index (κ2) is 2.81. The van der Waals surface area contributed by atoms with Crippen LogP contribution in [0.15, 0.2) is 24.5 Å².